The van der Waals surface area contributed by atoms with E-state index in [-0.39, 0.29) is 29.8 Å². The molecule has 0 radical (unpaired) electrons. The highest BCUT2D eigenvalue weighted by Gasteiger charge is 2.35. The molecule has 0 saturated heterocycles. The summed E-state index contributed by atoms with van der Waals surface area (Å²) in [6.45, 7) is 7.34. The molecule has 45 heavy (non-hydrogen) atoms. The van der Waals surface area contributed by atoms with Crippen LogP contribution in [-0.4, -0.2) is 43.8 Å². The van der Waals surface area contributed by atoms with Gasteiger partial charge in [0.05, 0.1) is 10.6 Å². The van der Waals surface area contributed by atoms with E-state index in [0.717, 1.165) is 33.0 Å². The van der Waals surface area contributed by atoms with E-state index in [2.05, 4.69) is 5.32 Å². The quantitative estimate of drug-likeness (QED) is 0.175. The molecule has 9 heteroatoms. The summed E-state index contributed by atoms with van der Waals surface area (Å²) >= 11 is 6.06. The van der Waals surface area contributed by atoms with E-state index in [0.29, 0.717) is 10.7 Å². The second-order valence-electron chi connectivity index (χ2n) is 11.3. The third-order valence-corrected chi connectivity index (χ3v) is 9.76. The van der Waals surface area contributed by atoms with Crippen molar-refractivity contribution in [3.63, 3.8) is 0 Å². The number of amides is 2. The summed E-state index contributed by atoms with van der Waals surface area (Å²) in [4.78, 5) is 29.9. The Morgan fingerprint density at radius 1 is 0.822 bits per heavy atom. The van der Waals surface area contributed by atoms with E-state index in [1.54, 1.807) is 18.2 Å². The zero-order chi connectivity index (χ0) is 32.6. The molecule has 0 heterocycles. The molecular weight excluding hydrogens is 606 g/mol. The van der Waals surface area contributed by atoms with Gasteiger partial charge in [-0.05, 0) is 80.3 Å². The van der Waals surface area contributed by atoms with Crippen molar-refractivity contribution in [3.05, 3.63) is 130 Å². The molecule has 0 aliphatic rings. The summed E-state index contributed by atoms with van der Waals surface area (Å²) in [7, 11) is -4.20. The summed E-state index contributed by atoms with van der Waals surface area (Å²) in [5.74, 6) is -0.800. The minimum Gasteiger partial charge on any atom is -0.352 e. The number of halogens is 1. The maximum absolute atomic E-state index is 14.5. The van der Waals surface area contributed by atoms with Crippen molar-refractivity contribution in [2.24, 2.45) is 0 Å². The molecule has 2 atom stereocenters. The summed E-state index contributed by atoms with van der Waals surface area (Å²) in [5.41, 5.74) is 3.95. The Morgan fingerprint density at radius 3 is 2.11 bits per heavy atom. The number of hydrogen-bond donors (Lipinski definition) is 1. The maximum atomic E-state index is 14.5. The van der Waals surface area contributed by atoms with Gasteiger partial charge in [0, 0.05) is 24.0 Å². The Kier molecular flexibility index (Phi) is 11.4. The first-order valence-corrected chi connectivity index (χ1v) is 16.8. The standard InChI is InChI=1S/C36H40ClN3O4S/c1-5-28(4)38-36(42)34(23-29-11-7-6-8-12-29)39(24-30-16-14-26(2)15-17-30)35(41)25-40(32-13-9-10-27(3)22-32)45(43,44)33-20-18-31(37)19-21-33/h6-22,28,34H,5,23-25H2,1-4H3,(H,38,42)/t28-,34+/m0/s1. The number of anilines is 1. The van der Waals surface area contributed by atoms with E-state index in [1.165, 1.54) is 29.2 Å². The van der Waals surface area contributed by atoms with Crippen LogP contribution >= 0.6 is 11.6 Å². The van der Waals surface area contributed by atoms with E-state index in [9.17, 15) is 18.0 Å². The predicted octanol–water partition coefficient (Wildman–Crippen LogP) is 6.71. The summed E-state index contributed by atoms with van der Waals surface area (Å²) in [6.07, 6.45) is 0.977. The lowest BCUT2D eigenvalue weighted by molar-refractivity contribution is -0.140. The maximum Gasteiger partial charge on any atom is 0.264 e. The number of nitrogens with one attached hydrogen (secondary N) is 1. The second-order valence-corrected chi connectivity index (χ2v) is 13.6. The molecule has 0 aliphatic carbocycles. The predicted molar refractivity (Wildman–Crippen MR) is 181 cm³/mol. The number of carbonyl (C=O) groups excluding carboxylic acids is 2. The molecule has 4 aromatic carbocycles. The van der Waals surface area contributed by atoms with Gasteiger partial charge in [0.25, 0.3) is 10.0 Å². The highest BCUT2D eigenvalue weighted by molar-refractivity contribution is 7.92. The number of carbonyl (C=O) groups is 2. The fourth-order valence-corrected chi connectivity index (χ4v) is 6.46. The van der Waals surface area contributed by atoms with Crippen LogP contribution in [0.2, 0.25) is 5.02 Å². The van der Waals surface area contributed by atoms with Crippen molar-refractivity contribution in [3.8, 4) is 0 Å². The third kappa shape index (κ3) is 8.96. The molecule has 4 aromatic rings. The van der Waals surface area contributed by atoms with Gasteiger partial charge in [0.2, 0.25) is 11.8 Å². The Morgan fingerprint density at radius 2 is 1.49 bits per heavy atom. The van der Waals surface area contributed by atoms with Crippen molar-refractivity contribution in [1.82, 2.24) is 10.2 Å². The molecule has 236 valence electrons. The average molecular weight is 646 g/mol. The summed E-state index contributed by atoms with van der Waals surface area (Å²) in [6, 6.07) is 29.1. The summed E-state index contributed by atoms with van der Waals surface area (Å²) in [5, 5.41) is 3.45. The Balaban J connectivity index is 1.80. The van der Waals surface area contributed by atoms with Gasteiger partial charge in [-0.25, -0.2) is 8.42 Å². The first kappa shape index (κ1) is 33.7. The highest BCUT2D eigenvalue weighted by atomic mass is 35.5. The fourth-order valence-electron chi connectivity index (χ4n) is 4.93. The number of hydrogen-bond acceptors (Lipinski definition) is 4. The molecule has 2 amide bonds. The second kappa shape index (κ2) is 15.2. The van der Waals surface area contributed by atoms with Gasteiger partial charge in [-0.3, -0.25) is 13.9 Å². The largest absolute Gasteiger partial charge is 0.352 e. The smallest absolute Gasteiger partial charge is 0.264 e. The monoisotopic (exact) mass is 645 g/mol. The SMILES string of the molecule is CC[C@H](C)NC(=O)[C@@H](Cc1ccccc1)N(Cc1ccc(C)cc1)C(=O)CN(c1cccc(C)c1)S(=O)(=O)c1ccc(Cl)cc1. The first-order chi connectivity index (χ1) is 21.5. The van der Waals surface area contributed by atoms with Gasteiger partial charge < -0.3 is 10.2 Å². The van der Waals surface area contributed by atoms with Crippen molar-refractivity contribution in [1.29, 1.82) is 0 Å². The molecule has 4 rings (SSSR count). The van der Waals surface area contributed by atoms with Gasteiger partial charge in [-0.2, -0.15) is 0 Å². The lowest BCUT2D eigenvalue weighted by Crippen LogP contribution is -2.54. The van der Waals surface area contributed by atoms with Gasteiger partial charge in [0.1, 0.15) is 12.6 Å². The molecular formula is C36H40ClN3O4S. The van der Waals surface area contributed by atoms with Crippen LogP contribution in [0.1, 0.15) is 42.5 Å². The zero-order valence-corrected chi connectivity index (χ0v) is 27.7. The number of sulfonamides is 1. The molecule has 0 saturated carbocycles. The highest BCUT2D eigenvalue weighted by Crippen LogP contribution is 2.27. The first-order valence-electron chi connectivity index (χ1n) is 15.0. The van der Waals surface area contributed by atoms with Crippen LogP contribution in [0.25, 0.3) is 0 Å². The Labute approximate surface area is 271 Å². The van der Waals surface area contributed by atoms with E-state index < -0.39 is 28.5 Å². The van der Waals surface area contributed by atoms with Crippen molar-refractivity contribution in [2.75, 3.05) is 10.8 Å². The molecule has 0 unspecified atom stereocenters. The average Bonchev–Trinajstić information content (AvgIpc) is 3.02. The van der Waals surface area contributed by atoms with Crippen LogP contribution in [-0.2, 0) is 32.6 Å². The number of aryl methyl sites for hydroxylation is 2. The van der Waals surface area contributed by atoms with E-state index in [1.807, 2.05) is 88.4 Å². The van der Waals surface area contributed by atoms with Gasteiger partial charge >= 0.3 is 0 Å². The van der Waals surface area contributed by atoms with Crippen LogP contribution in [0.15, 0.2) is 108 Å². The number of nitrogens with zero attached hydrogens (tertiary/aromatic N) is 2. The molecule has 0 fully saturated rings. The molecule has 1 N–H and O–H groups in total. The molecule has 0 aliphatic heterocycles. The van der Waals surface area contributed by atoms with Crippen molar-refractivity contribution >= 4 is 39.1 Å². The minimum atomic E-state index is -4.20. The fraction of sp³-hybridized carbons (Fsp3) is 0.278. The normalized spacial score (nSPS) is 12.6. The molecule has 7 nitrogen and oxygen atoms in total. The van der Waals surface area contributed by atoms with Crippen molar-refractivity contribution < 1.29 is 18.0 Å². The van der Waals surface area contributed by atoms with E-state index >= 15 is 0 Å². The van der Waals surface area contributed by atoms with Crippen LogP contribution in [0, 0.1) is 13.8 Å². The van der Waals surface area contributed by atoms with Gasteiger partial charge in [-0.1, -0.05) is 90.8 Å². The summed E-state index contributed by atoms with van der Waals surface area (Å²) < 4.78 is 29.4. The van der Waals surface area contributed by atoms with Crippen molar-refractivity contribution in [2.45, 2.75) is 64.1 Å². The Hall–Kier alpha value is -4.14. The van der Waals surface area contributed by atoms with Gasteiger partial charge in [0.15, 0.2) is 0 Å². The lowest BCUT2D eigenvalue weighted by Gasteiger charge is -2.34. The third-order valence-electron chi connectivity index (χ3n) is 7.72. The van der Waals surface area contributed by atoms with Crippen LogP contribution in [0.5, 0.6) is 0 Å². The molecule has 0 aromatic heterocycles. The molecule has 0 bridgehead atoms. The zero-order valence-electron chi connectivity index (χ0n) is 26.1. The van der Waals surface area contributed by atoms with E-state index in [4.69, 9.17) is 11.6 Å². The number of benzene rings is 4. The lowest BCUT2D eigenvalue weighted by atomic mass is 10.0. The van der Waals surface area contributed by atoms with Crippen LogP contribution < -0.4 is 9.62 Å². The topological polar surface area (TPSA) is 86.8 Å². The van der Waals surface area contributed by atoms with Gasteiger partial charge in [-0.15, -0.1) is 0 Å². The Bertz CT molecular complexity index is 1690. The van der Waals surface area contributed by atoms with Crippen LogP contribution in [0.3, 0.4) is 0 Å². The minimum absolute atomic E-state index is 0.00152. The number of rotatable bonds is 13. The molecule has 0 spiro atoms. The van der Waals surface area contributed by atoms with Crippen LogP contribution in [0.4, 0.5) is 5.69 Å².